The van der Waals surface area contributed by atoms with Crippen molar-refractivity contribution in [1.82, 2.24) is 5.32 Å². The molecule has 1 saturated carbocycles. The standard InChI is InChI=1S/C14H23NO4/c1-5-8-19-13(18)15-11-7-6-10(12(16)17)14(3,4)9(11)2/h5,9-11H,1,6-8H2,2-4H3,(H,15,18)(H,16,17). The van der Waals surface area contributed by atoms with Crippen molar-refractivity contribution < 1.29 is 19.4 Å². The van der Waals surface area contributed by atoms with E-state index in [1.165, 1.54) is 6.08 Å². The number of hydrogen-bond donors (Lipinski definition) is 2. The topological polar surface area (TPSA) is 75.6 Å². The quantitative estimate of drug-likeness (QED) is 0.768. The van der Waals surface area contributed by atoms with E-state index in [2.05, 4.69) is 11.9 Å². The zero-order valence-electron chi connectivity index (χ0n) is 11.8. The first-order chi connectivity index (χ1) is 8.80. The van der Waals surface area contributed by atoms with E-state index in [9.17, 15) is 14.7 Å². The number of rotatable bonds is 4. The lowest BCUT2D eigenvalue weighted by molar-refractivity contribution is -0.150. The Morgan fingerprint density at radius 1 is 1.47 bits per heavy atom. The molecular formula is C14H23NO4. The summed E-state index contributed by atoms with van der Waals surface area (Å²) in [5.74, 6) is -1.06. The molecule has 0 aromatic heterocycles. The summed E-state index contributed by atoms with van der Waals surface area (Å²) in [5, 5.41) is 12.1. The second-order valence-electron chi connectivity index (χ2n) is 5.72. The van der Waals surface area contributed by atoms with Crippen LogP contribution in [0.2, 0.25) is 0 Å². The van der Waals surface area contributed by atoms with Crippen LogP contribution in [0.15, 0.2) is 12.7 Å². The van der Waals surface area contributed by atoms with Crippen molar-refractivity contribution in [2.45, 2.75) is 39.7 Å². The molecule has 0 heterocycles. The summed E-state index contributed by atoms with van der Waals surface area (Å²) in [6.07, 6.45) is 2.26. The summed E-state index contributed by atoms with van der Waals surface area (Å²) in [6, 6.07) is -0.0529. The third kappa shape index (κ3) is 3.49. The van der Waals surface area contributed by atoms with Crippen LogP contribution in [-0.2, 0) is 9.53 Å². The van der Waals surface area contributed by atoms with Gasteiger partial charge in [0.05, 0.1) is 5.92 Å². The van der Waals surface area contributed by atoms with E-state index in [0.29, 0.717) is 12.8 Å². The Balaban J connectivity index is 2.67. The maximum atomic E-state index is 11.5. The normalized spacial score (nSPS) is 29.3. The number of amides is 1. The average Bonchev–Trinajstić information content (AvgIpc) is 2.32. The Morgan fingerprint density at radius 3 is 2.63 bits per heavy atom. The van der Waals surface area contributed by atoms with Crippen LogP contribution in [0.5, 0.6) is 0 Å². The fraction of sp³-hybridized carbons (Fsp3) is 0.714. The predicted octanol–water partition coefficient (Wildman–Crippen LogP) is 2.42. The molecule has 5 nitrogen and oxygen atoms in total. The second kappa shape index (κ2) is 6.08. The van der Waals surface area contributed by atoms with Crippen molar-refractivity contribution in [3.05, 3.63) is 12.7 Å². The zero-order chi connectivity index (χ0) is 14.6. The molecule has 1 amide bonds. The molecule has 3 unspecified atom stereocenters. The lowest BCUT2D eigenvalue weighted by Gasteiger charge is -2.46. The summed E-state index contributed by atoms with van der Waals surface area (Å²) in [6.45, 7) is 9.52. The minimum absolute atomic E-state index is 0.0529. The van der Waals surface area contributed by atoms with Crippen molar-refractivity contribution in [2.24, 2.45) is 17.3 Å². The predicted molar refractivity (Wildman–Crippen MR) is 71.8 cm³/mol. The molecule has 0 aliphatic heterocycles. The number of aliphatic carboxylic acids is 1. The summed E-state index contributed by atoms with van der Waals surface area (Å²) in [7, 11) is 0. The minimum Gasteiger partial charge on any atom is -0.481 e. The third-order valence-electron chi connectivity index (χ3n) is 4.38. The van der Waals surface area contributed by atoms with Crippen LogP contribution < -0.4 is 5.32 Å². The molecule has 0 bridgehead atoms. The largest absolute Gasteiger partial charge is 0.481 e. The Hall–Kier alpha value is -1.52. The maximum absolute atomic E-state index is 11.5. The van der Waals surface area contributed by atoms with Gasteiger partial charge in [-0.3, -0.25) is 4.79 Å². The van der Waals surface area contributed by atoms with Crippen molar-refractivity contribution in [1.29, 1.82) is 0 Å². The third-order valence-corrected chi connectivity index (χ3v) is 4.38. The van der Waals surface area contributed by atoms with Gasteiger partial charge in [0, 0.05) is 6.04 Å². The van der Waals surface area contributed by atoms with Gasteiger partial charge in [-0.2, -0.15) is 0 Å². The maximum Gasteiger partial charge on any atom is 0.407 e. The van der Waals surface area contributed by atoms with E-state index in [0.717, 1.165) is 0 Å². The highest BCUT2D eigenvalue weighted by atomic mass is 16.5. The van der Waals surface area contributed by atoms with Gasteiger partial charge in [0.2, 0.25) is 0 Å². The molecule has 0 aromatic rings. The van der Waals surface area contributed by atoms with Crippen LogP contribution in [-0.4, -0.2) is 29.8 Å². The average molecular weight is 269 g/mol. The highest BCUT2D eigenvalue weighted by Crippen LogP contribution is 2.45. The van der Waals surface area contributed by atoms with Gasteiger partial charge in [-0.15, -0.1) is 0 Å². The summed E-state index contributed by atoms with van der Waals surface area (Å²) >= 11 is 0. The first-order valence-corrected chi connectivity index (χ1v) is 6.57. The molecule has 1 aliphatic rings. The molecular weight excluding hydrogens is 246 g/mol. The minimum atomic E-state index is -0.760. The van der Waals surface area contributed by atoms with Crippen LogP contribution in [0.1, 0.15) is 33.6 Å². The molecule has 0 saturated heterocycles. The second-order valence-corrected chi connectivity index (χ2v) is 5.72. The number of carboxylic acids is 1. The van der Waals surface area contributed by atoms with Gasteiger partial charge in [-0.05, 0) is 24.2 Å². The highest BCUT2D eigenvalue weighted by Gasteiger charge is 2.46. The van der Waals surface area contributed by atoms with Gasteiger partial charge >= 0.3 is 12.1 Å². The number of ether oxygens (including phenoxy) is 1. The molecule has 1 fully saturated rings. The monoisotopic (exact) mass is 269 g/mol. The van der Waals surface area contributed by atoms with E-state index in [4.69, 9.17) is 4.74 Å². The fourth-order valence-electron chi connectivity index (χ4n) is 2.77. The summed E-state index contributed by atoms with van der Waals surface area (Å²) < 4.78 is 4.90. The van der Waals surface area contributed by atoms with Gasteiger partial charge in [-0.25, -0.2) is 4.79 Å². The summed E-state index contributed by atoms with van der Waals surface area (Å²) in [4.78, 5) is 22.8. The number of alkyl carbamates (subject to hydrolysis) is 1. The molecule has 5 heteroatoms. The number of hydrogen-bond acceptors (Lipinski definition) is 3. The van der Waals surface area contributed by atoms with Crippen molar-refractivity contribution in [2.75, 3.05) is 6.61 Å². The molecule has 3 atom stereocenters. The van der Waals surface area contributed by atoms with Gasteiger partial charge in [0.15, 0.2) is 0 Å². The first-order valence-electron chi connectivity index (χ1n) is 6.57. The number of nitrogens with one attached hydrogen (secondary N) is 1. The molecule has 1 rings (SSSR count). The van der Waals surface area contributed by atoms with Crippen LogP contribution in [0.4, 0.5) is 4.79 Å². The molecule has 1 aliphatic carbocycles. The van der Waals surface area contributed by atoms with E-state index in [1.54, 1.807) is 0 Å². The molecule has 2 N–H and O–H groups in total. The Bertz CT molecular complexity index is 364. The molecule has 0 radical (unpaired) electrons. The van der Waals surface area contributed by atoms with Crippen LogP contribution in [0.3, 0.4) is 0 Å². The van der Waals surface area contributed by atoms with Gasteiger partial charge < -0.3 is 15.2 Å². The Kier molecular flexibility index (Phi) is 4.97. The van der Waals surface area contributed by atoms with E-state index < -0.39 is 12.1 Å². The van der Waals surface area contributed by atoms with E-state index in [-0.39, 0.29) is 29.9 Å². The Labute approximate surface area is 114 Å². The number of carboxylic acid groups (broad SMARTS) is 1. The van der Waals surface area contributed by atoms with Gasteiger partial charge in [0.25, 0.3) is 0 Å². The van der Waals surface area contributed by atoms with Crippen molar-refractivity contribution in [3.63, 3.8) is 0 Å². The Morgan fingerprint density at radius 2 is 2.11 bits per heavy atom. The molecule has 0 aromatic carbocycles. The SMILES string of the molecule is C=CCOC(=O)NC1CCC(C(=O)O)C(C)(C)C1C. The fourth-order valence-corrected chi connectivity index (χ4v) is 2.77. The lowest BCUT2D eigenvalue weighted by Crippen LogP contribution is -2.52. The summed E-state index contributed by atoms with van der Waals surface area (Å²) in [5.41, 5.74) is -0.361. The molecule has 108 valence electrons. The zero-order valence-corrected chi connectivity index (χ0v) is 11.8. The molecule has 19 heavy (non-hydrogen) atoms. The van der Waals surface area contributed by atoms with Crippen molar-refractivity contribution in [3.8, 4) is 0 Å². The number of carbonyl (C=O) groups excluding carboxylic acids is 1. The lowest BCUT2D eigenvalue weighted by atomic mass is 9.61. The van der Waals surface area contributed by atoms with E-state index in [1.807, 2.05) is 20.8 Å². The van der Waals surface area contributed by atoms with Crippen LogP contribution in [0.25, 0.3) is 0 Å². The molecule has 0 spiro atoms. The number of carbonyl (C=O) groups is 2. The van der Waals surface area contributed by atoms with Gasteiger partial charge in [-0.1, -0.05) is 33.4 Å². The van der Waals surface area contributed by atoms with Crippen molar-refractivity contribution >= 4 is 12.1 Å². The van der Waals surface area contributed by atoms with Crippen LogP contribution in [0, 0.1) is 17.3 Å². The highest BCUT2D eigenvalue weighted by molar-refractivity contribution is 5.71. The van der Waals surface area contributed by atoms with Crippen LogP contribution >= 0.6 is 0 Å². The first kappa shape index (κ1) is 15.5. The van der Waals surface area contributed by atoms with E-state index >= 15 is 0 Å². The van der Waals surface area contributed by atoms with Gasteiger partial charge in [0.1, 0.15) is 6.61 Å². The smallest absolute Gasteiger partial charge is 0.407 e.